The average Bonchev–Trinajstić information content (AvgIpc) is 3.53. The summed E-state index contributed by atoms with van der Waals surface area (Å²) in [4.78, 5) is 49.0. The van der Waals surface area contributed by atoms with Gasteiger partial charge in [0.2, 0.25) is 11.8 Å². The predicted molar refractivity (Wildman–Crippen MR) is 113 cm³/mol. The minimum atomic E-state index is -1.03. The Labute approximate surface area is 185 Å². The number of epoxide rings is 1. The molecule has 176 valence electrons. The number of aromatic hydroxyl groups is 1. The van der Waals surface area contributed by atoms with Crippen LogP contribution in [-0.2, 0) is 30.3 Å². The molecule has 4 atom stereocenters. The summed E-state index contributed by atoms with van der Waals surface area (Å²) in [6.07, 6.45) is -1.60. The van der Waals surface area contributed by atoms with Gasteiger partial charge in [0.1, 0.15) is 17.8 Å². The van der Waals surface area contributed by atoms with Crippen LogP contribution >= 0.6 is 0 Å². The lowest BCUT2D eigenvalue weighted by Gasteiger charge is -2.23. The molecule has 7 N–H and O–H groups in total. The number of aliphatic hydroxyl groups excluding tert-OH is 1. The molecule has 1 aromatic carbocycles. The Kier molecular flexibility index (Phi) is 8.97. The number of nitrogens with two attached hydrogens (primary N) is 1. The molecule has 0 aliphatic carbocycles. The van der Waals surface area contributed by atoms with E-state index in [-0.39, 0.29) is 37.7 Å². The molecule has 0 unspecified atom stereocenters. The van der Waals surface area contributed by atoms with Crippen molar-refractivity contribution in [1.29, 1.82) is 0 Å². The quantitative estimate of drug-likeness (QED) is 0.205. The fourth-order valence-electron chi connectivity index (χ4n) is 3.11. The monoisotopic (exact) mass is 450 g/mol. The fourth-order valence-corrected chi connectivity index (χ4v) is 3.11. The van der Waals surface area contributed by atoms with E-state index < -0.39 is 47.9 Å². The van der Waals surface area contributed by atoms with Crippen molar-refractivity contribution in [3.8, 4) is 5.75 Å². The summed E-state index contributed by atoms with van der Waals surface area (Å²) in [5, 5.41) is 25.7. The first-order chi connectivity index (χ1) is 15.1. The van der Waals surface area contributed by atoms with Crippen LogP contribution in [0.4, 0.5) is 0 Å². The van der Waals surface area contributed by atoms with Gasteiger partial charge in [0.05, 0.1) is 6.61 Å². The van der Waals surface area contributed by atoms with E-state index in [1.165, 1.54) is 12.1 Å². The molecule has 32 heavy (non-hydrogen) atoms. The number of amides is 4. The number of phenols is 1. The van der Waals surface area contributed by atoms with Crippen LogP contribution in [-0.4, -0.2) is 71.3 Å². The maximum Gasteiger partial charge on any atom is 0.253 e. The number of nitrogens with one attached hydrogen (secondary N) is 3. The van der Waals surface area contributed by atoms with Crippen LogP contribution in [0.15, 0.2) is 24.3 Å². The van der Waals surface area contributed by atoms with Crippen LogP contribution in [0, 0.1) is 5.92 Å². The molecular formula is C21H30N4O7. The Bertz CT molecular complexity index is 828. The third-order valence-corrected chi connectivity index (χ3v) is 4.80. The molecule has 0 bridgehead atoms. The summed E-state index contributed by atoms with van der Waals surface area (Å²) in [6.45, 7) is 3.54. The highest BCUT2D eigenvalue weighted by Gasteiger charge is 2.50. The molecule has 1 aromatic rings. The van der Waals surface area contributed by atoms with Crippen molar-refractivity contribution in [2.75, 3.05) is 13.2 Å². The summed E-state index contributed by atoms with van der Waals surface area (Å²) < 4.78 is 5.10. The highest BCUT2D eigenvalue weighted by Crippen LogP contribution is 2.23. The lowest BCUT2D eigenvalue weighted by molar-refractivity contribution is -0.132. The van der Waals surface area contributed by atoms with Crippen molar-refractivity contribution in [3.05, 3.63) is 29.8 Å². The molecule has 2 rings (SSSR count). The number of carbonyl (C=O) groups excluding carboxylic acids is 4. The fraction of sp³-hybridized carbons (Fsp3) is 0.524. The number of carbonyl (C=O) groups is 4. The molecule has 1 aliphatic heterocycles. The molecule has 0 spiro atoms. The van der Waals surface area contributed by atoms with E-state index in [1.54, 1.807) is 12.1 Å². The lowest BCUT2D eigenvalue weighted by Crippen LogP contribution is -2.54. The number of ether oxygens (including phenoxy) is 1. The number of hydrogen-bond donors (Lipinski definition) is 6. The van der Waals surface area contributed by atoms with Crippen LogP contribution in [0.25, 0.3) is 0 Å². The van der Waals surface area contributed by atoms with Gasteiger partial charge in [0.25, 0.3) is 11.8 Å². The normalized spacial score (nSPS) is 19.0. The maximum absolute atomic E-state index is 12.9. The van der Waals surface area contributed by atoms with E-state index in [0.717, 1.165) is 0 Å². The number of benzene rings is 1. The molecule has 1 heterocycles. The first-order valence-corrected chi connectivity index (χ1v) is 10.3. The number of rotatable bonds is 12. The van der Waals surface area contributed by atoms with Gasteiger partial charge in [-0.3, -0.25) is 19.2 Å². The minimum Gasteiger partial charge on any atom is -0.508 e. The number of aliphatic hydroxyl groups is 1. The molecule has 0 saturated carbocycles. The van der Waals surface area contributed by atoms with E-state index in [9.17, 15) is 24.3 Å². The molecule has 4 amide bonds. The van der Waals surface area contributed by atoms with Gasteiger partial charge in [-0.1, -0.05) is 26.0 Å². The predicted octanol–water partition coefficient (Wildman–Crippen LogP) is -1.69. The van der Waals surface area contributed by atoms with Gasteiger partial charge >= 0.3 is 0 Å². The number of primary amides is 1. The summed E-state index contributed by atoms with van der Waals surface area (Å²) in [7, 11) is 0. The third kappa shape index (κ3) is 7.50. The Morgan fingerprint density at radius 3 is 2.22 bits per heavy atom. The SMILES string of the molecule is CC(C)C[C@H](NC(=O)[C@H]1O[C@@H]1C(=O)NCCO)C(=O)N[C@H](Cc1ccc(O)cc1)C(N)=O. The van der Waals surface area contributed by atoms with Crippen LogP contribution in [0.1, 0.15) is 25.8 Å². The number of hydrogen-bond acceptors (Lipinski definition) is 7. The van der Waals surface area contributed by atoms with E-state index in [2.05, 4.69) is 16.0 Å². The Balaban J connectivity index is 2.00. The lowest BCUT2D eigenvalue weighted by atomic mass is 10.0. The summed E-state index contributed by atoms with van der Waals surface area (Å²) >= 11 is 0. The van der Waals surface area contributed by atoms with Crippen molar-refractivity contribution in [1.82, 2.24) is 16.0 Å². The molecular weight excluding hydrogens is 420 g/mol. The van der Waals surface area contributed by atoms with E-state index in [0.29, 0.717) is 5.56 Å². The molecule has 1 aliphatic rings. The van der Waals surface area contributed by atoms with Gasteiger partial charge in [-0.2, -0.15) is 0 Å². The highest BCUT2D eigenvalue weighted by molar-refractivity contribution is 5.97. The Morgan fingerprint density at radius 2 is 1.66 bits per heavy atom. The Morgan fingerprint density at radius 1 is 1.03 bits per heavy atom. The number of phenolic OH excluding ortho intramolecular Hbond substituents is 1. The van der Waals surface area contributed by atoms with Crippen molar-refractivity contribution >= 4 is 23.6 Å². The second kappa shape index (κ2) is 11.4. The van der Waals surface area contributed by atoms with Crippen molar-refractivity contribution < 1.29 is 34.1 Å². The van der Waals surface area contributed by atoms with E-state index >= 15 is 0 Å². The second-order valence-electron chi connectivity index (χ2n) is 8.02. The molecule has 0 radical (unpaired) electrons. The smallest absolute Gasteiger partial charge is 0.253 e. The molecule has 11 heteroatoms. The Hall–Kier alpha value is -3.18. The van der Waals surface area contributed by atoms with Gasteiger partial charge in [0.15, 0.2) is 12.2 Å². The highest BCUT2D eigenvalue weighted by atomic mass is 16.6. The van der Waals surface area contributed by atoms with Crippen LogP contribution in [0.2, 0.25) is 0 Å². The van der Waals surface area contributed by atoms with Crippen LogP contribution in [0.3, 0.4) is 0 Å². The van der Waals surface area contributed by atoms with Gasteiger partial charge in [0, 0.05) is 13.0 Å². The van der Waals surface area contributed by atoms with Gasteiger partial charge in [-0.25, -0.2) is 0 Å². The largest absolute Gasteiger partial charge is 0.508 e. The topological polar surface area (TPSA) is 183 Å². The van der Waals surface area contributed by atoms with Gasteiger partial charge in [-0.05, 0) is 30.0 Å². The molecule has 1 saturated heterocycles. The maximum atomic E-state index is 12.9. The van der Waals surface area contributed by atoms with Crippen molar-refractivity contribution in [2.45, 2.75) is 51.0 Å². The van der Waals surface area contributed by atoms with Gasteiger partial charge in [-0.15, -0.1) is 0 Å². The molecule has 1 fully saturated rings. The van der Waals surface area contributed by atoms with E-state index in [4.69, 9.17) is 15.6 Å². The summed E-state index contributed by atoms with van der Waals surface area (Å²) in [5.74, 6) is -2.36. The van der Waals surface area contributed by atoms with Crippen LogP contribution in [0.5, 0.6) is 5.75 Å². The van der Waals surface area contributed by atoms with E-state index in [1.807, 2.05) is 13.8 Å². The first-order valence-electron chi connectivity index (χ1n) is 10.3. The van der Waals surface area contributed by atoms with Gasteiger partial charge < -0.3 is 36.6 Å². The zero-order chi connectivity index (χ0) is 23.8. The third-order valence-electron chi connectivity index (χ3n) is 4.80. The average molecular weight is 450 g/mol. The van der Waals surface area contributed by atoms with Crippen molar-refractivity contribution in [2.24, 2.45) is 11.7 Å². The molecule has 0 aromatic heterocycles. The summed E-state index contributed by atoms with van der Waals surface area (Å²) in [5.41, 5.74) is 6.12. The van der Waals surface area contributed by atoms with Crippen LogP contribution < -0.4 is 21.7 Å². The minimum absolute atomic E-state index is 0.0407. The zero-order valence-corrected chi connectivity index (χ0v) is 18.0. The second-order valence-corrected chi connectivity index (χ2v) is 8.02. The zero-order valence-electron chi connectivity index (χ0n) is 18.0. The standard InChI is InChI=1S/C21H30N4O7/c1-11(2)9-15(25-21(31)17-16(32-17)20(30)23-7-8-26)19(29)24-14(18(22)28)10-12-3-5-13(27)6-4-12/h3-6,11,14-17,26-27H,7-10H2,1-2H3,(H2,22,28)(H,23,30)(H,24,29)(H,25,31)/t14-,15+,16+,17+/m1/s1. The summed E-state index contributed by atoms with van der Waals surface area (Å²) in [6, 6.07) is 4.15. The first kappa shape index (κ1) is 25.1. The van der Waals surface area contributed by atoms with Crippen molar-refractivity contribution in [3.63, 3.8) is 0 Å². The molecule has 11 nitrogen and oxygen atoms in total.